The van der Waals surface area contributed by atoms with Crippen LogP contribution in [0, 0.1) is 5.92 Å². The van der Waals surface area contributed by atoms with E-state index < -0.39 is 32.1 Å². The maximum absolute atomic E-state index is 12.8. The third-order valence-corrected chi connectivity index (χ3v) is 10.0. The highest BCUT2D eigenvalue weighted by Gasteiger charge is 2.45. The van der Waals surface area contributed by atoms with E-state index in [2.05, 4.69) is 14.0 Å². The van der Waals surface area contributed by atoms with Gasteiger partial charge in [-0.15, -0.1) is 0 Å². The molecule has 5 unspecified atom stereocenters. The first kappa shape index (κ1) is 35.7. The number of phosphoric acid groups is 1. The molecule has 0 aromatic carbocycles. The predicted molar refractivity (Wildman–Crippen MR) is 158 cm³/mol. The molecule has 40 heavy (non-hydrogen) atoms. The van der Waals surface area contributed by atoms with Gasteiger partial charge in [0, 0.05) is 32.3 Å². The van der Waals surface area contributed by atoms with Gasteiger partial charge in [-0.2, -0.15) is 0 Å². The zero-order valence-electron chi connectivity index (χ0n) is 26.3. The van der Waals surface area contributed by atoms with Crippen molar-refractivity contribution in [2.24, 2.45) is 5.92 Å². The van der Waals surface area contributed by atoms with Crippen LogP contribution in [0.2, 0.25) is 0 Å². The number of hydrogen-bond acceptors (Lipinski definition) is 7. The number of carbonyl (C=O) groups is 1. The van der Waals surface area contributed by atoms with Crippen LogP contribution in [0.25, 0.3) is 0 Å². The molecule has 0 radical (unpaired) electrons. The van der Waals surface area contributed by atoms with E-state index in [4.69, 9.17) is 18.5 Å². The Morgan fingerprint density at radius 3 is 1.85 bits per heavy atom. The maximum Gasteiger partial charge on any atom is 0.303 e. The van der Waals surface area contributed by atoms with E-state index in [0.717, 1.165) is 43.3 Å². The van der Waals surface area contributed by atoms with Gasteiger partial charge in [0.05, 0.1) is 26.2 Å². The van der Waals surface area contributed by atoms with E-state index in [0.29, 0.717) is 13.2 Å². The third kappa shape index (κ3) is 14.1. The van der Waals surface area contributed by atoms with Crippen molar-refractivity contribution in [3.8, 4) is 0 Å². The van der Waals surface area contributed by atoms with Crippen LogP contribution in [0.1, 0.15) is 130 Å². The lowest BCUT2D eigenvalue weighted by Crippen LogP contribution is -2.61. The summed E-state index contributed by atoms with van der Waals surface area (Å²) in [6, 6.07) is 0. The summed E-state index contributed by atoms with van der Waals surface area (Å²) in [5.74, 6) is -0.249. The van der Waals surface area contributed by atoms with Gasteiger partial charge in [-0.3, -0.25) is 9.36 Å². The minimum absolute atomic E-state index is 0.248. The van der Waals surface area contributed by atoms with Gasteiger partial charge in [-0.25, -0.2) is 0 Å². The number of unbranched alkanes of at least 4 members (excludes halogenated alkanes) is 13. The van der Waals surface area contributed by atoms with Crippen molar-refractivity contribution < 1.29 is 37.3 Å². The predicted octanol–water partition coefficient (Wildman–Crippen LogP) is 6.93. The number of hydrogen-bond donors (Lipinski definition) is 0. The number of ether oxygens (including phenoxy) is 2. The van der Waals surface area contributed by atoms with Gasteiger partial charge in [0.2, 0.25) is 0 Å². The summed E-state index contributed by atoms with van der Waals surface area (Å²) in [6.07, 6.45) is 17.4. The molecule has 0 aromatic rings. The first-order chi connectivity index (χ1) is 19.1. The molecule has 3 aliphatic heterocycles. The molecule has 3 aliphatic rings. The molecule has 3 heterocycles. The van der Waals surface area contributed by atoms with Crippen molar-refractivity contribution in [2.45, 2.75) is 155 Å². The second-order valence-corrected chi connectivity index (χ2v) is 14.1. The van der Waals surface area contributed by atoms with Crippen molar-refractivity contribution in [1.29, 1.82) is 0 Å². The Morgan fingerprint density at radius 2 is 1.38 bits per heavy atom. The van der Waals surface area contributed by atoms with E-state index in [1.165, 1.54) is 84.0 Å². The highest BCUT2D eigenvalue weighted by atomic mass is 31.2. The molecule has 3 saturated heterocycles. The summed E-state index contributed by atoms with van der Waals surface area (Å²) >= 11 is 0. The second kappa shape index (κ2) is 18.9. The molecule has 236 valence electrons. The van der Waals surface area contributed by atoms with Crippen molar-refractivity contribution >= 4 is 13.8 Å². The first-order valence-electron chi connectivity index (χ1n) is 16.4. The molecule has 0 amide bonds. The van der Waals surface area contributed by atoms with Crippen LogP contribution in [0.5, 0.6) is 0 Å². The monoisotopic (exact) mass is 589 g/mol. The molecule has 0 N–H and O–H groups in total. The molecule has 0 spiro atoms. The van der Waals surface area contributed by atoms with Crippen molar-refractivity contribution in [3.05, 3.63) is 0 Å². The quantitative estimate of drug-likeness (QED) is 0.0552. The van der Waals surface area contributed by atoms with Gasteiger partial charge < -0.3 is 27.9 Å². The van der Waals surface area contributed by atoms with Gasteiger partial charge in [0.15, 0.2) is 6.10 Å². The van der Waals surface area contributed by atoms with Crippen LogP contribution < -0.4 is 4.89 Å². The fourth-order valence-electron chi connectivity index (χ4n) is 6.35. The average molecular weight is 590 g/mol. The van der Waals surface area contributed by atoms with Crippen LogP contribution >= 0.6 is 7.82 Å². The van der Waals surface area contributed by atoms with Gasteiger partial charge >= 0.3 is 5.97 Å². The molecular formula is C31H60NO7P. The highest BCUT2D eigenvalue weighted by Crippen LogP contribution is 2.47. The van der Waals surface area contributed by atoms with Crippen LogP contribution in [0.15, 0.2) is 0 Å². The molecule has 0 aromatic heterocycles. The number of carbonyl (C=O) groups excluding carboxylic acids is 1. The molecule has 0 aliphatic carbocycles. The van der Waals surface area contributed by atoms with Crippen molar-refractivity contribution in [3.63, 3.8) is 0 Å². The van der Waals surface area contributed by atoms with Crippen LogP contribution in [-0.2, 0) is 27.9 Å². The summed E-state index contributed by atoms with van der Waals surface area (Å²) in [6.45, 7) is 10.3. The largest absolute Gasteiger partial charge is 0.756 e. The van der Waals surface area contributed by atoms with Gasteiger partial charge in [-0.1, -0.05) is 90.4 Å². The summed E-state index contributed by atoms with van der Waals surface area (Å²) in [5, 5.41) is 0. The number of rotatable bonds is 23. The molecule has 2 bridgehead atoms. The van der Waals surface area contributed by atoms with Gasteiger partial charge in [-0.05, 0) is 20.3 Å². The molecule has 9 heteroatoms. The Kier molecular flexibility index (Phi) is 16.9. The number of likely N-dealkylation sites (N-methyl/N-ethyl adjacent to an activating group) is 1. The molecule has 3 fully saturated rings. The topological polar surface area (TPSA) is 94.1 Å². The van der Waals surface area contributed by atoms with Crippen LogP contribution in [0.3, 0.4) is 0 Å². The molecule has 3 rings (SSSR count). The lowest BCUT2D eigenvalue weighted by atomic mass is 9.84. The number of nitrogens with zero attached hydrogens (tertiary/aromatic N) is 1. The molecule has 5 atom stereocenters. The Balaban J connectivity index is 1.61. The van der Waals surface area contributed by atoms with E-state index in [1.54, 1.807) is 13.8 Å². The smallest absolute Gasteiger partial charge is 0.303 e. The zero-order chi connectivity index (χ0) is 29.4. The first-order valence-corrected chi connectivity index (χ1v) is 17.8. The number of piperidine rings is 3. The Hall–Kier alpha value is -0.500. The summed E-state index contributed by atoms with van der Waals surface area (Å²) in [5.41, 5.74) is 0. The minimum Gasteiger partial charge on any atom is -0.756 e. The van der Waals surface area contributed by atoms with E-state index >= 15 is 0 Å². The molecule has 8 nitrogen and oxygen atoms in total. The lowest BCUT2D eigenvalue weighted by Gasteiger charge is -2.51. The van der Waals surface area contributed by atoms with Crippen molar-refractivity contribution in [1.82, 2.24) is 0 Å². The number of quaternary nitrogens is 1. The number of esters is 1. The van der Waals surface area contributed by atoms with Crippen LogP contribution in [-0.4, -0.2) is 68.2 Å². The Bertz CT molecular complexity index is 743. The van der Waals surface area contributed by atoms with Gasteiger partial charge in [0.1, 0.15) is 18.8 Å². The number of phosphoric ester groups is 1. The lowest BCUT2D eigenvalue weighted by molar-refractivity contribution is -0.928. The maximum atomic E-state index is 12.8. The van der Waals surface area contributed by atoms with E-state index in [-0.39, 0.29) is 12.0 Å². The highest BCUT2D eigenvalue weighted by molar-refractivity contribution is 7.45. The standard InChI is InChI=1S/C31H60NO7P/c1-6-7-8-9-10-11-12-13-14-15-16-17-18-19-24-36-26(2)31(37-28(4)33)27(3)38-40(34,35)39-30-25-32(5)22-20-29(30)21-23-32/h26-27,29-31H,6-25H2,1-5H3. The Labute approximate surface area is 245 Å². The fourth-order valence-corrected chi connectivity index (χ4v) is 7.50. The number of fused-ring (bicyclic) bond motifs is 3. The average Bonchev–Trinajstić information content (AvgIpc) is 2.88. The Morgan fingerprint density at radius 1 is 0.875 bits per heavy atom. The van der Waals surface area contributed by atoms with Crippen LogP contribution in [0.4, 0.5) is 0 Å². The summed E-state index contributed by atoms with van der Waals surface area (Å²) < 4.78 is 36.0. The minimum atomic E-state index is -4.58. The SMILES string of the molecule is CCCCCCCCCCCCCCCCOC(C)C(OC(C)=O)C(C)OP(=O)([O-])OC1C[N+]2(C)CCC1CC2. The molecular weight excluding hydrogens is 529 g/mol. The second-order valence-electron chi connectivity index (χ2n) is 12.7. The van der Waals surface area contributed by atoms with Crippen molar-refractivity contribution in [2.75, 3.05) is 33.3 Å². The summed E-state index contributed by atoms with van der Waals surface area (Å²) in [7, 11) is -2.43. The third-order valence-electron chi connectivity index (χ3n) is 8.89. The van der Waals surface area contributed by atoms with E-state index in [1.807, 2.05) is 0 Å². The zero-order valence-corrected chi connectivity index (χ0v) is 27.2. The molecule has 0 saturated carbocycles. The van der Waals surface area contributed by atoms with E-state index in [9.17, 15) is 14.3 Å². The normalized spacial score (nSPS) is 26.2. The summed E-state index contributed by atoms with van der Waals surface area (Å²) in [4.78, 5) is 24.6. The fraction of sp³-hybridized carbons (Fsp3) is 0.968. The van der Waals surface area contributed by atoms with Gasteiger partial charge in [0.25, 0.3) is 7.82 Å².